The Morgan fingerprint density at radius 2 is 1.88 bits per heavy atom. The van der Waals surface area contributed by atoms with Crippen molar-refractivity contribution in [2.45, 2.75) is 74.8 Å². The molecule has 1 aromatic carbocycles. The number of thioether (sulfide) groups is 2. The first-order valence-corrected chi connectivity index (χ1v) is 13.9. The molecule has 2 fully saturated rings. The summed E-state index contributed by atoms with van der Waals surface area (Å²) in [6, 6.07) is 8.12. The summed E-state index contributed by atoms with van der Waals surface area (Å²) in [5.74, 6) is 3.16. The van der Waals surface area contributed by atoms with Crippen LogP contribution in [0.4, 0.5) is 5.69 Å². The van der Waals surface area contributed by atoms with Crippen LogP contribution in [0.15, 0.2) is 28.8 Å². The maximum absolute atomic E-state index is 12.6. The average molecular weight is 489 g/mol. The first kappa shape index (κ1) is 24.1. The number of hydrogen-bond acceptors (Lipinski definition) is 7. The minimum absolute atomic E-state index is 0.0816. The summed E-state index contributed by atoms with van der Waals surface area (Å²) in [5.41, 5.74) is 1.50. The highest BCUT2D eigenvalue weighted by Crippen LogP contribution is 2.44. The van der Waals surface area contributed by atoms with E-state index in [4.69, 9.17) is 4.52 Å². The van der Waals surface area contributed by atoms with E-state index >= 15 is 0 Å². The number of aryl methyl sites for hydroxylation is 1. The van der Waals surface area contributed by atoms with Gasteiger partial charge in [-0.1, -0.05) is 43.0 Å². The van der Waals surface area contributed by atoms with Crippen LogP contribution < -0.4 is 10.6 Å². The number of aromatic nitrogens is 2. The molecule has 0 unspecified atom stereocenters. The zero-order valence-electron chi connectivity index (χ0n) is 19.1. The summed E-state index contributed by atoms with van der Waals surface area (Å²) >= 11 is 3.93. The number of anilines is 1. The molecule has 1 saturated carbocycles. The molecule has 1 aromatic heterocycles. The monoisotopic (exact) mass is 488 g/mol. The van der Waals surface area contributed by atoms with E-state index in [9.17, 15) is 9.59 Å². The summed E-state index contributed by atoms with van der Waals surface area (Å²) < 4.78 is 5.90. The number of carbonyl (C=O) groups excluding carboxylic acids is 2. The Balaban J connectivity index is 1.35. The van der Waals surface area contributed by atoms with Gasteiger partial charge in [0.05, 0.1) is 4.58 Å². The molecule has 9 heteroatoms. The van der Waals surface area contributed by atoms with Crippen molar-refractivity contribution < 1.29 is 14.1 Å². The van der Waals surface area contributed by atoms with Crippen molar-refractivity contribution in [3.8, 4) is 0 Å². The van der Waals surface area contributed by atoms with Gasteiger partial charge in [-0.25, -0.2) is 0 Å². The zero-order chi connectivity index (χ0) is 23.1. The van der Waals surface area contributed by atoms with Crippen molar-refractivity contribution in [2.75, 3.05) is 16.8 Å². The molecule has 2 amide bonds. The molecular weight excluding hydrogens is 456 g/mol. The average Bonchev–Trinajstić information content (AvgIpc) is 3.18. The molecule has 2 aliphatic rings. The van der Waals surface area contributed by atoms with Crippen LogP contribution in [0.3, 0.4) is 0 Å². The minimum Gasteiger partial charge on any atom is -0.343 e. The van der Waals surface area contributed by atoms with Gasteiger partial charge in [-0.2, -0.15) is 4.98 Å². The lowest BCUT2D eigenvalue weighted by Gasteiger charge is -2.30. The predicted molar refractivity (Wildman–Crippen MR) is 133 cm³/mol. The summed E-state index contributed by atoms with van der Waals surface area (Å²) in [4.78, 5) is 29.0. The van der Waals surface area contributed by atoms with Crippen molar-refractivity contribution in [3.63, 3.8) is 0 Å². The summed E-state index contributed by atoms with van der Waals surface area (Å²) in [6.45, 7) is 1.53. The smallest absolute Gasteiger partial charge is 0.227 e. The second-order valence-corrected chi connectivity index (χ2v) is 11.5. The van der Waals surface area contributed by atoms with E-state index in [1.807, 2.05) is 35.7 Å². The molecular formula is C24H32N4O3S2. The first-order chi connectivity index (χ1) is 16.0. The number of carbonyl (C=O) groups is 2. The molecule has 33 heavy (non-hydrogen) atoms. The largest absolute Gasteiger partial charge is 0.343 e. The normalized spacial score (nSPS) is 18.9. The number of hydrogen-bond donors (Lipinski definition) is 2. The molecule has 2 N–H and O–H groups in total. The number of rotatable bonds is 7. The van der Waals surface area contributed by atoms with Gasteiger partial charge in [0.2, 0.25) is 17.7 Å². The Kier molecular flexibility index (Phi) is 8.35. The van der Waals surface area contributed by atoms with Crippen molar-refractivity contribution >= 4 is 41.0 Å². The quantitative estimate of drug-likeness (QED) is 0.517. The lowest BCUT2D eigenvalue weighted by atomic mass is 9.89. The van der Waals surface area contributed by atoms with E-state index in [-0.39, 0.29) is 18.2 Å². The Hall–Kier alpha value is -2.00. The van der Waals surface area contributed by atoms with Gasteiger partial charge in [-0.15, -0.1) is 23.5 Å². The van der Waals surface area contributed by atoms with Gasteiger partial charge >= 0.3 is 0 Å². The van der Waals surface area contributed by atoms with Gasteiger partial charge in [0, 0.05) is 25.5 Å². The van der Waals surface area contributed by atoms with Crippen molar-refractivity contribution in [2.24, 2.45) is 0 Å². The third-order valence-corrected chi connectivity index (χ3v) is 9.12. The molecule has 4 rings (SSSR count). The molecule has 1 aliphatic heterocycles. The van der Waals surface area contributed by atoms with Gasteiger partial charge < -0.3 is 15.2 Å². The van der Waals surface area contributed by atoms with Crippen LogP contribution >= 0.6 is 23.5 Å². The van der Waals surface area contributed by atoms with Crippen LogP contribution in [0.1, 0.15) is 80.2 Å². The van der Waals surface area contributed by atoms with Gasteiger partial charge in [0.15, 0.2) is 5.82 Å². The first-order valence-electron chi connectivity index (χ1n) is 11.8. The zero-order valence-corrected chi connectivity index (χ0v) is 20.7. The van der Waals surface area contributed by atoms with E-state index < -0.39 is 5.54 Å². The highest BCUT2D eigenvalue weighted by Gasteiger charge is 2.38. The standard InChI is InChI=1S/C24H32N4O3S2/c1-17(29)27-24(12-4-2-3-5-13-24)23-26-21(31-28-23)11-10-20(30)25-19-9-6-8-18(16-19)22-32-14-7-15-33-22/h6,8-9,16,22H,2-5,7,10-15H2,1H3,(H,25,30)(H,27,29). The molecule has 0 atom stereocenters. The molecule has 2 aromatic rings. The molecule has 0 spiro atoms. The van der Waals surface area contributed by atoms with Crippen LogP contribution in [-0.4, -0.2) is 33.5 Å². The topological polar surface area (TPSA) is 97.1 Å². The van der Waals surface area contributed by atoms with Crippen LogP contribution in [0.2, 0.25) is 0 Å². The summed E-state index contributed by atoms with van der Waals surface area (Å²) in [6.07, 6.45) is 7.81. The Labute approximate surface area is 203 Å². The van der Waals surface area contributed by atoms with Crippen molar-refractivity contribution in [1.82, 2.24) is 15.5 Å². The molecule has 7 nitrogen and oxygen atoms in total. The van der Waals surface area contributed by atoms with Crippen LogP contribution in [0.25, 0.3) is 0 Å². The third-order valence-electron chi connectivity index (χ3n) is 6.10. The highest BCUT2D eigenvalue weighted by atomic mass is 32.2. The Morgan fingerprint density at radius 3 is 2.61 bits per heavy atom. The fourth-order valence-electron chi connectivity index (χ4n) is 4.51. The van der Waals surface area contributed by atoms with Crippen molar-refractivity contribution in [3.05, 3.63) is 41.5 Å². The van der Waals surface area contributed by atoms with Gasteiger partial charge in [0.1, 0.15) is 5.54 Å². The minimum atomic E-state index is -0.568. The van der Waals surface area contributed by atoms with Gasteiger partial charge in [-0.05, 0) is 48.5 Å². The fraction of sp³-hybridized carbons (Fsp3) is 0.583. The maximum atomic E-state index is 12.6. The predicted octanol–water partition coefficient (Wildman–Crippen LogP) is 5.20. The SMILES string of the molecule is CC(=O)NC1(c2noc(CCC(=O)Nc3cccc(C4SCCCS4)c3)n2)CCCCCC1. The number of nitrogens with zero attached hydrogens (tertiary/aromatic N) is 2. The Morgan fingerprint density at radius 1 is 1.12 bits per heavy atom. The molecule has 178 valence electrons. The third kappa shape index (κ3) is 6.53. The van der Waals surface area contributed by atoms with E-state index in [2.05, 4.69) is 32.9 Å². The maximum Gasteiger partial charge on any atom is 0.227 e. The number of amides is 2. The van der Waals surface area contributed by atoms with Crippen LogP contribution in [-0.2, 0) is 21.5 Å². The molecule has 1 saturated heterocycles. The summed E-state index contributed by atoms with van der Waals surface area (Å²) in [5, 5.41) is 10.3. The second kappa shape index (κ2) is 11.4. The van der Waals surface area contributed by atoms with Crippen LogP contribution in [0.5, 0.6) is 0 Å². The molecule has 0 radical (unpaired) electrons. The Bertz CT molecular complexity index is 951. The fourth-order valence-corrected chi connectivity index (χ4v) is 7.38. The summed E-state index contributed by atoms with van der Waals surface area (Å²) in [7, 11) is 0. The molecule has 1 aliphatic carbocycles. The lowest BCUT2D eigenvalue weighted by molar-refractivity contribution is -0.121. The van der Waals surface area contributed by atoms with Gasteiger partial charge in [-0.3, -0.25) is 9.59 Å². The van der Waals surface area contributed by atoms with Gasteiger partial charge in [0.25, 0.3) is 0 Å². The second-order valence-electron chi connectivity index (χ2n) is 8.79. The molecule has 2 heterocycles. The number of benzene rings is 1. The lowest BCUT2D eigenvalue weighted by Crippen LogP contribution is -2.45. The van der Waals surface area contributed by atoms with E-state index in [0.29, 0.717) is 22.7 Å². The number of nitrogens with one attached hydrogen (secondary N) is 2. The van der Waals surface area contributed by atoms with Crippen molar-refractivity contribution in [1.29, 1.82) is 0 Å². The van der Waals surface area contributed by atoms with E-state index in [1.165, 1.54) is 30.4 Å². The highest BCUT2D eigenvalue weighted by molar-refractivity contribution is 8.16. The molecule has 0 bridgehead atoms. The van der Waals surface area contributed by atoms with Crippen LogP contribution in [0, 0.1) is 0 Å². The van der Waals surface area contributed by atoms with E-state index in [0.717, 1.165) is 44.2 Å². The van der Waals surface area contributed by atoms with E-state index in [1.54, 1.807) is 0 Å².